The van der Waals surface area contributed by atoms with Crippen LogP contribution in [0, 0.1) is 5.92 Å². The quantitative estimate of drug-likeness (QED) is 0.678. The maximum atomic E-state index is 10.9. The summed E-state index contributed by atoms with van der Waals surface area (Å²) in [6.45, 7) is 5.16. The normalized spacial score (nSPS) is 39.4. The Morgan fingerprint density at radius 2 is 1.69 bits per heavy atom. The van der Waals surface area contributed by atoms with Gasteiger partial charge in [-0.05, 0) is 6.92 Å². The number of esters is 1. The molecule has 5 heteroatoms. The first kappa shape index (κ1) is 13.4. The van der Waals surface area contributed by atoms with Crippen molar-refractivity contribution in [3.63, 3.8) is 0 Å². The second-order valence-electron chi connectivity index (χ2n) is 4.08. The van der Waals surface area contributed by atoms with Crippen LogP contribution in [0.25, 0.3) is 0 Å². The van der Waals surface area contributed by atoms with Crippen molar-refractivity contribution in [2.24, 2.45) is 5.92 Å². The van der Waals surface area contributed by atoms with E-state index in [2.05, 4.69) is 0 Å². The summed E-state index contributed by atoms with van der Waals surface area (Å²) in [5.74, 6) is -0.412. The number of carbonyl (C=O) groups is 1. The molecule has 5 nitrogen and oxygen atoms in total. The van der Waals surface area contributed by atoms with Gasteiger partial charge in [-0.1, -0.05) is 6.92 Å². The molecule has 0 unspecified atom stereocenters. The predicted molar refractivity (Wildman–Crippen MR) is 56.9 cm³/mol. The fourth-order valence-corrected chi connectivity index (χ4v) is 2.11. The molecule has 0 spiro atoms. The molecule has 94 valence electrons. The summed E-state index contributed by atoms with van der Waals surface area (Å²) in [5, 5.41) is 0. The molecule has 0 saturated carbocycles. The molecule has 0 N–H and O–H groups in total. The van der Waals surface area contributed by atoms with Crippen LogP contribution in [0.4, 0.5) is 0 Å². The monoisotopic (exact) mass is 232 g/mol. The van der Waals surface area contributed by atoms with Crippen LogP contribution in [0.3, 0.4) is 0 Å². The Balaban J connectivity index is 2.75. The lowest BCUT2D eigenvalue weighted by molar-refractivity contribution is -0.272. The molecule has 0 radical (unpaired) electrons. The highest BCUT2D eigenvalue weighted by Gasteiger charge is 2.43. The third kappa shape index (κ3) is 2.72. The highest BCUT2D eigenvalue weighted by atomic mass is 16.7. The highest BCUT2D eigenvalue weighted by molar-refractivity contribution is 5.66. The van der Waals surface area contributed by atoms with Gasteiger partial charge in [0.2, 0.25) is 6.29 Å². The van der Waals surface area contributed by atoms with Crippen LogP contribution >= 0.6 is 0 Å². The van der Waals surface area contributed by atoms with E-state index in [1.54, 1.807) is 14.2 Å². The molecule has 1 fully saturated rings. The zero-order chi connectivity index (χ0) is 12.3. The van der Waals surface area contributed by atoms with Gasteiger partial charge >= 0.3 is 5.97 Å². The van der Waals surface area contributed by atoms with Crippen molar-refractivity contribution in [1.82, 2.24) is 0 Å². The molecular weight excluding hydrogens is 212 g/mol. The molecule has 0 amide bonds. The number of hydrogen-bond acceptors (Lipinski definition) is 5. The summed E-state index contributed by atoms with van der Waals surface area (Å²) in [6.07, 6.45) is -1.02. The summed E-state index contributed by atoms with van der Waals surface area (Å²) < 4.78 is 21.4. The first-order valence-corrected chi connectivity index (χ1v) is 5.39. The molecule has 5 atom stereocenters. The van der Waals surface area contributed by atoms with E-state index < -0.39 is 6.29 Å². The zero-order valence-electron chi connectivity index (χ0n) is 10.4. The van der Waals surface area contributed by atoms with Crippen LogP contribution in [0.15, 0.2) is 0 Å². The lowest BCUT2D eigenvalue weighted by atomic mass is 9.92. The fraction of sp³-hybridized carbons (Fsp3) is 0.909. The Morgan fingerprint density at radius 3 is 2.12 bits per heavy atom. The number of methoxy groups -OCH3 is 2. The van der Waals surface area contributed by atoms with Gasteiger partial charge < -0.3 is 18.9 Å². The van der Waals surface area contributed by atoms with Crippen LogP contribution in [-0.2, 0) is 23.7 Å². The lowest BCUT2D eigenvalue weighted by Crippen LogP contribution is -2.55. The maximum Gasteiger partial charge on any atom is 0.304 e. The molecule has 1 aliphatic rings. The molecule has 1 aliphatic heterocycles. The van der Waals surface area contributed by atoms with Crippen LogP contribution in [-0.4, -0.2) is 44.8 Å². The average Bonchev–Trinajstić information content (AvgIpc) is 2.21. The minimum Gasteiger partial charge on any atom is -0.436 e. The van der Waals surface area contributed by atoms with Crippen LogP contribution in [0.5, 0.6) is 0 Å². The molecule has 0 aromatic rings. The third-order valence-electron chi connectivity index (χ3n) is 2.91. The third-order valence-corrected chi connectivity index (χ3v) is 2.91. The van der Waals surface area contributed by atoms with E-state index in [9.17, 15) is 4.79 Å². The van der Waals surface area contributed by atoms with Crippen molar-refractivity contribution < 1.29 is 23.7 Å². The lowest BCUT2D eigenvalue weighted by Gasteiger charge is -2.42. The average molecular weight is 232 g/mol. The van der Waals surface area contributed by atoms with Gasteiger partial charge in [0, 0.05) is 27.1 Å². The Kier molecular flexibility index (Phi) is 4.70. The number of hydrogen-bond donors (Lipinski definition) is 0. The van der Waals surface area contributed by atoms with E-state index in [0.717, 1.165) is 0 Å². The summed E-state index contributed by atoms with van der Waals surface area (Å²) in [7, 11) is 3.24. The fourth-order valence-electron chi connectivity index (χ4n) is 2.11. The molecule has 0 aromatic carbocycles. The second-order valence-corrected chi connectivity index (χ2v) is 4.08. The largest absolute Gasteiger partial charge is 0.436 e. The van der Waals surface area contributed by atoms with E-state index in [1.165, 1.54) is 6.92 Å². The standard InChI is InChI=1S/C11H20O5/c1-6-9(13-4)10(14-5)7(2)15-11(6)16-8(3)12/h6-7,9-11H,1-5H3/t6-,7-,9-,10+,11+/m0/s1. The van der Waals surface area contributed by atoms with E-state index >= 15 is 0 Å². The van der Waals surface area contributed by atoms with Crippen molar-refractivity contribution in [3.8, 4) is 0 Å². The molecule has 16 heavy (non-hydrogen) atoms. The molecular formula is C11H20O5. The van der Waals surface area contributed by atoms with E-state index in [1.807, 2.05) is 13.8 Å². The van der Waals surface area contributed by atoms with Gasteiger partial charge in [-0.2, -0.15) is 0 Å². The Bertz CT molecular complexity index is 243. The van der Waals surface area contributed by atoms with Gasteiger partial charge in [-0.15, -0.1) is 0 Å². The smallest absolute Gasteiger partial charge is 0.304 e. The Morgan fingerprint density at radius 1 is 1.12 bits per heavy atom. The summed E-state index contributed by atoms with van der Waals surface area (Å²) >= 11 is 0. The summed E-state index contributed by atoms with van der Waals surface area (Å²) in [5.41, 5.74) is 0. The van der Waals surface area contributed by atoms with Gasteiger partial charge in [0.25, 0.3) is 0 Å². The summed E-state index contributed by atoms with van der Waals surface area (Å²) in [4.78, 5) is 10.9. The number of rotatable bonds is 3. The van der Waals surface area contributed by atoms with Crippen molar-refractivity contribution in [1.29, 1.82) is 0 Å². The Labute approximate surface area is 96.0 Å². The van der Waals surface area contributed by atoms with Crippen molar-refractivity contribution in [3.05, 3.63) is 0 Å². The van der Waals surface area contributed by atoms with Gasteiger partial charge in [0.05, 0.1) is 12.2 Å². The first-order valence-electron chi connectivity index (χ1n) is 5.39. The summed E-state index contributed by atoms with van der Waals surface area (Å²) in [6, 6.07) is 0. The van der Waals surface area contributed by atoms with Crippen molar-refractivity contribution in [2.45, 2.75) is 45.4 Å². The molecule has 1 heterocycles. The van der Waals surface area contributed by atoms with Crippen LogP contribution < -0.4 is 0 Å². The van der Waals surface area contributed by atoms with Crippen molar-refractivity contribution >= 4 is 5.97 Å². The van der Waals surface area contributed by atoms with E-state index in [4.69, 9.17) is 18.9 Å². The first-order chi connectivity index (χ1) is 7.51. The van der Waals surface area contributed by atoms with E-state index in [0.29, 0.717) is 0 Å². The Hall–Kier alpha value is -0.650. The molecule has 0 aromatic heterocycles. The van der Waals surface area contributed by atoms with Gasteiger partial charge in [-0.25, -0.2) is 0 Å². The second kappa shape index (κ2) is 5.61. The van der Waals surface area contributed by atoms with Crippen LogP contribution in [0.1, 0.15) is 20.8 Å². The molecule has 0 bridgehead atoms. The number of ether oxygens (including phenoxy) is 4. The topological polar surface area (TPSA) is 54.0 Å². The van der Waals surface area contributed by atoms with Gasteiger partial charge in [0.1, 0.15) is 6.10 Å². The zero-order valence-corrected chi connectivity index (χ0v) is 10.4. The molecule has 1 saturated heterocycles. The van der Waals surface area contributed by atoms with E-state index in [-0.39, 0.29) is 30.2 Å². The molecule has 0 aliphatic carbocycles. The highest BCUT2D eigenvalue weighted by Crippen LogP contribution is 2.29. The SMILES string of the molecule is CO[C@H]1[C@H](C)[C@@H](OC(C)=O)O[C@@H](C)[C@H]1OC. The van der Waals surface area contributed by atoms with Gasteiger partial charge in [-0.3, -0.25) is 4.79 Å². The minimum absolute atomic E-state index is 0.0601. The minimum atomic E-state index is -0.566. The maximum absolute atomic E-state index is 10.9. The predicted octanol–water partition coefficient (Wildman–Crippen LogP) is 0.960. The van der Waals surface area contributed by atoms with Crippen LogP contribution in [0.2, 0.25) is 0 Å². The van der Waals surface area contributed by atoms with Crippen molar-refractivity contribution in [2.75, 3.05) is 14.2 Å². The molecule has 1 rings (SSSR count). The number of carbonyl (C=O) groups excluding carboxylic acids is 1. The van der Waals surface area contributed by atoms with Gasteiger partial charge in [0.15, 0.2) is 0 Å².